The van der Waals surface area contributed by atoms with E-state index in [9.17, 15) is 0 Å². The minimum absolute atomic E-state index is 0.391. The molecule has 1 atom stereocenters. The third kappa shape index (κ3) is 3.17. The average Bonchev–Trinajstić information content (AvgIpc) is 3.01. The van der Waals surface area contributed by atoms with Crippen molar-refractivity contribution in [1.82, 2.24) is 9.38 Å². The lowest BCUT2D eigenvalue weighted by Crippen LogP contribution is -2.10. The number of nitrogens with zero attached hydrogens (tertiary/aromatic N) is 2. The van der Waals surface area contributed by atoms with E-state index >= 15 is 0 Å². The van der Waals surface area contributed by atoms with Crippen LogP contribution in [0.15, 0.2) is 42.0 Å². The molecule has 5 heteroatoms. The molecule has 0 aliphatic rings. The van der Waals surface area contributed by atoms with Crippen molar-refractivity contribution in [2.45, 2.75) is 12.8 Å². The van der Waals surface area contributed by atoms with E-state index in [4.69, 9.17) is 23.2 Å². The summed E-state index contributed by atoms with van der Waals surface area (Å²) in [6, 6.07) is 7.98. The fraction of sp³-hybridized carbons (Fsp3) is 0.267. The molecule has 2 heterocycles. The molecule has 0 saturated carbocycles. The van der Waals surface area contributed by atoms with Gasteiger partial charge in [-0.1, -0.05) is 23.7 Å². The van der Waals surface area contributed by atoms with Gasteiger partial charge in [0, 0.05) is 28.7 Å². The maximum absolute atomic E-state index is 6.11. The number of fused-ring (bicyclic) bond motifs is 1. The van der Waals surface area contributed by atoms with Gasteiger partial charge >= 0.3 is 0 Å². The van der Waals surface area contributed by atoms with Gasteiger partial charge in [0.05, 0.1) is 5.69 Å². The van der Waals surface area contributed by atoms with E-state index < -0.39 is 0 Å². The summed E-state index contributed by atoms with van der Waals surface area (Å²) in [7, 11) is 0. The lowest BCUT2D eigenvalue weighted by atomic mass is 9.97. The summed E-state index contributed by atoms with van der Waals surface area (Å²) in [5.74, 6) is 1.02. The van der Waals surface area contributed by atoms with Crippen LogP contribution in [0.2, 0.25) is 5.02 Å². The van der Waals surface area contributed by atoms with E-state index in [2.05, 4.69) is 27.7 Å². The Morgan fingerprint density at radius 2 is 2.00 bits per heavy atom. The lowest BCUT2D eigenvalue weighted by Gasteiger charge is -2.12. The Balaban J connectivity index is 1.70. The van der Waals surface area contributed by atoms with Crippen LogP contribution >= 0.6 is 34.5 Å². The molecule has 20 heavy (non-hydrogen) atoms. The highest BCUT2D eigenvalue weighted by molar-refractivity contribution is 7.15. The minimum atomic E-state index is 0.391. The summed E-state index contributed by atoms with van der Waals surface area (Å²) in [5, 5.41) is 2.81. The first kappa shape index (κ1) is 13.9. The number of alkyl halides is 1. The molecule has 0 bridgehead atoms. The van der Waals surface area contributed by atoms with Gasteiger partial charge in [-0.25, -0.2) is 4.98 Å². The molecular weight excluding hydrogens is 311 g/mol. The summed E-state index contributed by atoms with van der Waals surface area (Å²) >= 11 is 13.7. The molecule has 1 aromatic carbocycles. The van der Waals surface area contributed by atoms with Crippen LogP contribution in [-0.2, 0) is 12.8 Å². The summed E-state index contributed by atoms with van der Waals surface area (Å²) in [5.41, 5.74) is 2.37. The second-order valence-electron chi connectivity index (χ2n) is 4.88. The Labute approximate surface area is 132 Å². The molecule has 0 radical (unpaired) electrons. The summed E-state index contributed by atoms with van der Waals surface area (Å²) < 4.78 is 2.06. The molecule has 2 aromatic heterocycles. The van der Waals surface area contributed by atoms with E-state index in [1.165, 1.54) is 5.56 Å². The molecule has 3 aromatic rings. The summed E-state index contributed by atoms with van der Waals surface area (Å²) in [6.07, 6.45) is 5.98. The minimum Gasteiger partial charge on any atom is -0.297 e. The zero-order valence-electron chi connectivity index (χ0n) is 10.8. The van der Waals surface area contributed by atoms with Crippen LogP contribution in [0.5, 0.6) is 0 Å². The third-order valence-electron chi connectivity index (χ3n) is 3.30. The number of thiazole rings is 1. The van der Waals surface area contributed by atoms with Crippen LogP contribution in [0, 0.1) is 5.92 Å². The average molecular weight is 325 g/mol. The van der Waals surface area contributed by atoms with Crippen molar-refractivity contribution in [3.05, 3.63) is 58.3 Å². The number of imidazole rings is 1. The number of hydrogen-bond acceptors (Lipinski definition) is 2. The van der Waals surface area contributed by atoms with Gasteiger partial charge in [0.1, 0.15) is 0 Å². The van der Waals surface area contributed by atoms with Crippen LogP contribution in [0.25, 0.3) is 4.96 Å². The molecule has 2 nitrogen and oxygen atoms in total. The molecular formula is C15H14Cl2N2S. The number of rotatable bonds is 5. The Kier molecular flexibility index (Phi) is 4.29. The Bertz CT molecular complexity index is 659. The number of aromatic nitrogens is 2. The first-order chi connectivity index (χ1) is 9.74. The van der Waals surface area contributed by atoms with E-state index in [1.54, 1.807) is 11.3 Å². The molecule has 0 aliphatic heterocycles. The molecule has 0 spiro atoms. The second kappa shape index (κ2) is 6.17. The van der Waals surface area contributed by atoms with Gasteiger partial charge in [-0.3, -0.25) is 4.40 Å². The van der Waals surface area contributed by atoms with Gasteiger partial charge < -0.3 is 0 Å². The summed E-state index contributed by atoms with van der Waals surface area (Å²) in [6.45, 7) is 0. The Hall–Kier alpha value is -1.03. The van der Waals surface area contributed by atoms with Crippen molar-refractivity contribution in [1.29, 1.82) is 0 Å². The van der Waals surface area contributed by atoms with Crippen molar-refractivity contribution in [2.24, 2.45) is 5.92 Å². The number of benzene rings is 1. The Morgan fingerprint density at radius 1 is 1.20 bits per heavy atom. The maximum Gasteiger partial charge on any atom is 0.193 e. The van der Waals surface area contributed by atoms with Gasteiger partial charge in [0.25, 0.3) is 0 Å². The molecule has 0 aliphatic carbocycles. The molecule has 104 valence electrons. The van der Waals surface area contributed by atoms with Gasteiger partial charge in [0.15, 0.2) is 4.96 Å². The molecule has 1 unspecified atom stereocenters. The van der Waals surface area contributed by atoms with E-state index in [0.29, 0.717) is 11.8 Å². The van der Waals surface area contributed by atoms with Gasteiger partial charge in [0.2, 0.25) is 0 Å². The molecule has 0 N–H and O–H groups in total. The van der Waals surface area contributed by atoms with Gasteiger partial charge in [-0.2, -0.15) is 0 Å². The van der Waals surface area contributed by atoms with E-state index in [1.807, 2.05) is 23.7 Å². The van der Waals surface area contributed by atoms with Crippen molar-refractivity contribution in [3.63, 3.8) is 0 Å². The SMILES string of the molecule is ClCC(Cc1ccc(Cl)cc1)Cc1cn2ccsc2n1. The first-order valence-corrected chi connectivity index (χ1v) is 8.25. The van der Waals surface area contributed by atoms with Crippen LogP contribution in [0.4, 0.5) is 0 Å². The molecule has 0 fully saturated rings. The zero-order chi connectivity index (χ0) is 13.9. The monoisotopic (exact) mass is 324 g/mol. The van der Waals surface area contributed by atoms with Crippen molar-refractivity contribution >= 4 is 39.5 Å². The third-order valence-corrected chi connectivity index (χ3v) is 4.76. The van der Waals surface area contributed by atoms with E-state index in [0.717, 1.165) is 28.5 Å². The van der Waals surface area contributed by atoms with Crippen molar-refractivity contribution in [2.75, 3.05) is 5.88 Å². The topological polar surface area (TPSA) is 17.3 Å². The molecule has 0 saturated heterocycles. The highest BCUT2D eigenvalue weighted by Crippen LogP contribution is 2.19. The van der Waals surface area contributed by atoms with Crippen molar-refractivity contribution in [3.8, 4) is 0 Å². The van der Waals surface area contributed by atoms with E-state index in [-0.39, 0.29) is 0 Å². The maximum atomic E-state index is 6.11. The standard InChI is InChI=1S/C15H14Cl2N2S/c16-9-12(7-11-1-3-13(17)4-2-11)8-14-10-19-5-6-20-15(19)18-14/h1-6,10,12H,7-9H2. The van der Waals surface area contributed by atoms with Crippen molar-refractivity contribution < 1.29 is 0 Å². The predicted octanol–water partition coefficient (Wildman–Crippen LogP) is 4.69. The number of hydrogen-bond donors (Lipinski definition) is 0. The molecule has 0 amide bonds. The van der Waals surface area contributed by atoms with Crippen LogP contribution < -0.4 is 0 Å². The predicted molar refractivity (Wildman–Crippen MR) is 86.1 cm³/mol. The second-order valence-corrected chi connectivity index (χ2v) is 6.50. The summed E-state index contributed by atoms with van der Waals surface area (Å²) in [4.78, 5) is 5.66. The van der Waals surface area contributed by atoms with Gasteiger partial charge in [-0.15, -0.1) is 22.9 Å². The highest BCUT2D eigenvalue weighted by atomic mass is 35.5. The normalized spacial score (nSPS) is 12.9. The Morgan fingerprint density at radius 3 is 2.70 bits per heavy atom. The fourth-order valence-corrected chi connectivity index (χ4v) is 3.37. The largest absolute Gasteiger partial charge is 0.297 e. The zero-order valence-corrected chi connectivity index (χ0v) is 13.1. The highest BCUT2D eigenvalue weighted by Gasteiger charge is 2.12. The van der Waals surface area contributed by atoms with Crippen LogP contribution in [-0.4, -0.2) is 15.3 Å². The van der Waals surface area contributed by atoms with Crippen LogP contribution in [0.1, 0.15) is 11.3 Å². The lowest BCUT2D eigenvalue weighted by molar-refractivity contribution is 0.577. The number of halogens is 2. The fourth-order valence-electron chi connectivity index (χ4n) is 2.31. The quantitative estimate of drug-likeness (QED) is 0.622. The first-order valence-electron chi connectivity index (χ1n) is 6.46. The van der Waals surface area contributed by atoms with Crippen LogP contribution in [0.3, 0.4) is 0 Å². The smallest absolute Gasteiger partial charge is 0.193 e. The van der Waals surface area contributed by atoms with Gasteiger partial charge in [-0.05, 0) is 36.5 Å². The molecule has 3 rings (SSSR count).